The van der Waals surface area contributed by atoms with E-state index in [4.69, 9.17) is 4.42 Å². The van der Waals surface area contributed by atoms with Gasteiger partial charge in [0.1, 0.15) is 11.3 Å². The summed E-state index contributed by atoms with van der Waals surface area (Å²) in [4.78, 5) is 0. The zero-order valence-electron chi connectivity index (χ0n) is 8.72. The second-order valence-electron chi connectivity index (χ2n) is 2.90. The molecule has 1 nitrogen and oxygen atoms in total. The summed E-state index contributed by atoms with van der Waals surface area (Å²) in [6.45, 7) is 8.05. The predicted octanol–water partition coefficient (Wildman–Crippen LogP) is 4.08. The van der Waals surface area contributed by atoms with Gasteiger partial charge in [-0.2, -0.15) is 0 Å². The molecule has 0 saturated heterocycles. The summed E-state index contributed by atoms with van der Waals surface area (Å²) in [5, 5.41) is 1.20. The van der Waals surface area contributed by atoms with Crippen molar-refractivity contribution in [3.63, 3.8) is 0 Å². The summed E-state index contributed by atoms with van der Waals surface area (Å²) in [6.07, 6.45) is 0. The lowest BCUT2D eigenvalue weighted by molar-refractivity contribution is 0.578. The summed E-state index contributed by atoms with van der Waals surface area (Å²) in [6, 6.07) is 8.26. The molecule has 0 bridgehead atoms. The van der Waals surface area contributed by atoms with Gasteiger partial charge in [-0.1, -0.05) is 25.5 Å². The maximum Gasteiger partial charge on any atom is 0.134 e. The third kappa shape index (κ3) is 2.11. The Kier molecular flexibility index (Phi) is 3.13. The van der Waals surface area contributed by atoms with Crippen molar-refractivity contribution in [1.82, 2.24) is 0 Å². The molecule has 1 heteroatoms. The van der Waals surface area contributed by atoms with E-state index in [-0.39, 0.29) is 0 Å². The van der Waals surface area contributed by atoms with E-state index in [1.54, 1.807) is 0 Å². The fourth-order valence-electron chi connectivity index (χ4n) is 1.30. The van der Waals surface area contributed by atoms with Gasteiger partial charge in [-0.3, -0.25) is 0 Å². The number of fused-ring (bicyclic) bond motifs is 1. The van der Waals surface area contributed by atoms with Gasteiger partial charge in [0.2, 0.25) is 0 Å². The van der Waals surface area contributed by atoms with Crippen LogP contribution in [0.1, 0.15) is 25.2 Å². The van der Waals surface area contributed by atoms with Crippen LogP contribution in [0.15, 0.2) is 28.7 Å². The third-order valence-corrected chi connectivity index (χ3v) is 1.80. The van der Waals surface area contributed by atoms with E-state index in [1.165, 1.54) is 10.9 Å². The molecule has 0 amide bonds. The molecule has 2 rings (SSSR count). The van der Waals surface area contributed by atoms with E-state index in [1.807, 2.05) is 26.8 Å². The van der Waals surface area contributed by atoms with Gasteiger partial charge in [0.25, 0.3) is 0 Å². The molecule has 0 aliphatic rings. The normalized spacial score (nSPS) is 9.54. The Morgan fingerprint density at radius 1 is 1.00 bits per heavy atom. The number of aryl methyl sites for hydroxylation is 2. The van der Waals surface area contributed by atoms with E-state index < -0.39 is 0 Å². The van der Waals surface area contributed by atoms with Crippen LogP contribution in [0.2, 0.25) is 0 Å². The molecular weight excluding hydrogens is 160 g/mol. The first-order valence-electron chi connectivity index (χ1n) is 4.72. The molecule has 0 aliphatic heterocycles. The van der Waals surface area contributed by atoms with Crippen LogP contribution in [0.25, 0.3) is 11.0 Å². The van der Waals surface area contributed by atoms with E-state index in [2.05, 4.69) is 25.1 Å². The van der Waals surface area contributed by atoms with Crippen molar-refractivity contribution >= 4 is 11.0 Å². The van der Waals surface area contributed by atoms with Crippen LogP contribution in [0.3, 0.4) is 0 Å². The van der Waals surface area contributed by atoms with Crippen LogP contribution < -0.4 is 0 Å². The molecular formula is C12H16O. The quantitative estimate of drug-likeness (QED) is 0.589. The Morgan fingerprint density at radius 2 is 1.69 bits per heavy atom. The molecule has 13 heavy (non-hydrogen) atoms. The van der Waals surface area contributed by atoms with Crippen molar-refractivity contribution in [3.8, 4) is 0 Å². The van der Waals surface area contributed by atoms with Gasteiger partial charge in [-0.15, -0.1) is 0 Å². The number of hydrogen-bond donors (Lipinski definition) is 0. The number of hydrogen-bond acceptors (Lipinski definition) is 1. The highest BCUT2D eigenvalue weighted by atomic mass is 16.3. The average molecular weight is 176 g/mol. The summed E-state index contributed by atoms with van der Waals surface area (Å²) in [5.41, 5.74) is 2.26. The van der Waals surface area contributed by atoms with Crippen LogP contribution in [0, 0.1) is 13.8 Å². The van der Waals surface area contributed by atoms with Crippen LogP contribution in [0.4, 0.5) is 0 Å². The SMILES string of the molecule is CC.Cc1ccc2oc(C)cc2c1. The molecule has 1 heterocycles. The van der Waals surface area contributed by atoms with E-state index >= 15 is 0 Å². The number of benzene rings is 1. The molecule has 2 aromatic rings. The van der Waals surface area contributed by atoms with Crippen LogP contribution in [-0.4, -0.2) is 0 Å². The van der Waals surface area contributed by atoms with Crippen molar-refractivity contribution in [2.24, 2.45) is 0 Å². The summed E-state index contributed by atoms with van der Waals surface area (Å²) < 4.78 is 5.42. The molecule has 0 saturated carbocycles. The Balaban J connectivity index is 0.000000396. The van der Waals surface area contributed by atoms with Gasteiger partial charge in [0, 0.05) is 5.39 Å². The van der Waals surface area contributed by atoms with Gasteiger partial charge in [0.05, 0.1) is 0 Å². The summed E-state index contributed by atoms with van der Waals surface area (Å²) >= 11 is 0. The summed E-state index contributed by atoms with van der Waals surface area (Å²) in [5.74, 6) is 0.977. The van der Waals surface area contributed by atoms with E-state index in [9.17, 15) is 0 Å². The zero-order chi connectivity index (χ0) is 9.84. The van der Waals surface area contributed by atoms with Crippen molar-refractivity contribution in [2.45, 2.75) is 27.7 Å². The topological polar surface area (TPSA) is 13.1 Å². The number of rotatable bonds is 0. The maximum absolute atomic E-state index is 5.42. The zero-order valence-corrected chi connectivity index (χ0v) is 8.72. The molecule has 0 N–H and O–H groups in total. The molecule has 1 aromatic heterocycles. The van der Waals surface area contributed by atoms with E-state index in [0.29, 0.717) is 0 Å². The molecule has 70 valence electrons. The first-order chi connectivity index (χ1) is 6.25. The molecule has 0 fully saturated rings. The second-order valence-corrected chi connectivity index (χ2v) is 2.90. The average Bonchev–Trinajstić information content (AvgIpc) is 2.48. The molecule has 0 radical (unpaired) electrons. The van der Waals surface area contributed by atoms with Crippen LogP contribution >= 0.6 is 0 Å². The van der Waals surface area contributed by atoms with Crippen LogP contribution in [-0.2, 0) is 0 Å². The van der Waals surface area contributed by atoms with Gasteiger partial charge in [0.15, 0.2) is 0 Å². The lowest BCUT2D eigenvalue weighted by Gasteiger charge is -1.89. The van der Waals surface area contributed by atoms with Crippen molar-refractivity contribution < 1.29 is 4.42 Å². The Morgan fingerprint density at radius 3 is 2.38 bits per heavy atom. The second kappa shape index (κ2) is 4.13. The lowest BCUT2D eigenvalue weighted by atomic mass is 10.2. The molecule has 0 atom stereocenters. The predicted molar refractivity (Wildman–Crippen MR) is 57.0 cm³/mol. The molecule has 0 aliphatic carbocycles. The van der Waals surface area contributed by atoms with Crippen molar-refractivity contribution in [3.05, 3.63) is 35.6 Å². The van der Waals surface area contributed by atoms with Gasteiger partial charge in [-0.25, -0.2) is 0 Å². The number of furan rings is 1. The largest absolute Gasteiger partial charge is 0.461 e. The Labute approximate surface area is 79.4 Å². The molecule has 1 aromatic carbocycles. The third-order valence-electron chi connectivity index (χ3n) is 1.80. The van der Waals surface area contributed by atoms with Crippen molar-refractivity contribution in [2.75, 3.05) is 0 Å². The first-order valence-corrected chi connectivity index (χ1v) is 4.72. The molecule has 0 spiro atoms. The Hall–Kier alpha value is -1.24. The fraction of sp³-hybridized carbons (Fsp3) is 0.333. The maximum atomic E-state index is 5.42. The van der Waals surface area contributed by atoms with Gasteiger partial charge in [-0.05, 0) is 32.0 Å². The van der Waals surface area contributed by atoms with E-state index in [0.717, 1.165) is 11.3 Å². The standard InChI is InChI=1S/C10H10O.C2H6/c1-7-3-4-10-9(5-7)6-8(2)11-10;1-2/h3-6H,1-2H3;1-2H3. The highest BCUT2D eigenvalue weighted by molar-refractivity contribution is 5.78. The summed E-state index contributed by atoms with van der Waals surface area (Å²) in [7, 11) is 0. The highest BCUT2D eigenvalue weighted by Crippen LogP contribution is 2.19. The monoisotopic (exact) mass is 176 g/mol. The minimum absolute atomic E-state index is 0.977. The molecule has 0 unspecified atom stereocenters. The minimum Gasteiger partial charge on any atom is -0.461 e. The van der Waals surface area contributed by atoms with Gasteiger partial charge >= 0.3 is 0 Å². The Bertz CT molecular complexity index is 385. The smallest absolute Gasteiger partial charge is 0.134 e. The van der Waals surface area contributed by atoms with Crippen LogP contribution in [0.5, 0.6) is 0 Å². The highest BCUT2D eigenvalue weighted by Gasteiger charge is 1.97. The minimum atomic E-state index is 0.977. The lowest BCUT2D eigenvalue weighted by Crippen LogP contribution is -1.67. The van der Waals surface area contributed by atoms with Crippen molar-refractivity contribution in [1.29, 1.82) is 0 Å². The fourth-order valence-corrected chi connectivity index (χ4v) is 1.30. The first kappa shape index (κ1) is 9.85. The van der Waals surface area contributed by atoms with Gasteiger partial charge < -0.3 is 4.42 Å².